The van der Waals surface area contributed by atoms with E-state index in [0.717, 1.165) is 12.0 Å². The van der Waals surface area contributed by atoms with E-state index in [1.807, 2.05) is 12.1 Å². The quantitative estimate of drug-likeness (QED) is 0.708. The molecule has 6 heteroatoms. The fourth-order valence-electron chi connectivity index (χ4n) is 2.36. The van der Waals surface area contributed by atoms with Gasteiger partial charge in [0.15, 0.2) is 5.78 Å². The topological polar surface area (TPSA) is 84.7 Å². The van der Waals surface area contributed by atoms with Crippen LogP contribution < -0.4 is 5.73 Å². The third-order valence-electron chi connectivity index (χ3n) is 3.52. The van der Waals surface area contributed by atoms with Gasteiger partial charge in [0, 0.05) is 23.5 Å². The van der Waals surface area contributed by atoms with Crippen LogP contribution in [0.1, 0.15) is 21.5 Å². The van der Waals surface area contributed by atoms with E-state index in [4.69, 9.17) is 5.73 Å². The van der Waals surface area contributed by atoms with E-state index < -0.39 is 5.82 Å². The maximum Gasteiger partial charge on any atom is 0.196 e. The van der Waals surface area contributed by atoms with Crippen molar-refractivity contribution < 1.29 is 9.18 Å². The van der Waals surface area contributed by atoms with Gasteiger partial charge in [-0.1, -0.05) is 6.07 Å². The first kappa shape index (κ1) is 15.1. The summed E-state index contributed by atoms with van der Waals surface area (Å²) in [6.07, 6.45) is 5.35. The number of aromatic amines is 1. The van der Waals surface area contributed by atoms with Gasteiger partial charge < -0.3 is 5.73 Å². The molecule has 5 nitrogen and oxygen atoms in total. The lowest BCUT2D eigenvalue weighted by Gasteiger charge is -2.08. The van der Waals surface area contributed by atoms with E-state index in [1.54, 1.807) is 12.3 Å². The summed E-state index contributed by atoms with van der Waals surface area (Å²) < 4.78 is 13.6. The van der Waals surface area contributed by atoms with Gasteiger partial charge in [0.2, 0.25) is 0 Å². The van der Waals surface area contributed by atoms with Crippen molar-refractivity contribution in [3.05, 3.63) is 71.4 Å². The highest BCUT2D eigenvalue weighted by Gasteiger charge is 2.17. The molecule has 0 fully saturated rings. The molecule has 116 valence electrons. The lowest BCUT2D eigenvalue weighted by Crippen LogP contribution is -2.05. The summed E-state index contributed by atoms with van der Waals surface area (Å²) in [5.74, 6) is -0.776. The SMILES string of the molecule is NCCc1ccc(-c2ccc(F)cc2C(=O)c2cn[nH]c2)nc1. The highest BCUT2D eigenvalue weighted by atomic mass is 19.1. The van der Waals surface area contributed by atoms with Crippen molar-refractivity contribution in [1.29, 1.82) is 0 Å². The molecule has 0 aliphatic carbocycles. The Morgan fingerprint density at radius 3 is 2.74 bits per heavy atom. The van der Waals surface area contributed by atoms with Crippen molar-refractivity contribution in [2.45, 2.75) is 6.42 Å². The molecule has 3 rings (SSSR count). The summed E-state index contributed by atoms with van der Waals surface area (Å²) in [5.41, 5.74) is 8.35. The molecule has 0 bridgehead atoms. The minimum absolute atomic E-state index is 0.255. The first-order valence-electron chi connectivity index (χ1n) is 7.17. The van der Waals surface area contributed by atoms with E-state index in [-0.39, 0.29) is 11.3 Å². The summed E-state index contributed by atoms with van der Waals surface area (Å²) in [5, 5.41) is 6.34. The average molecular weight is 310 g/mol. The molecule has 0 amide bonds. The lowest BCUT2D eigenvalue weighted by molar-refractivity contribution is 0.103. The number of nitrogens with one attached hydrogen (secondary N) is 1. The van der Waals surface area contributed by atoms with Crippen molar-refractivity contribution >= 4 is 5.78 Å². The van der Waals surface area contributed by atoms with Crippen LogP contribution in [0.15, 0.2) is 48.9 Å². The Balaban J connectivity index is 2.04. The Labute approximate surface area is 132 Å². The predicted octanol–water partition coefficient (Wildman–Crippen LogP) is 2.34. The molecular formula is C17H15FN4O. The number of pyridine rings is 1. The van der Waals surface area contributed by atoms with Crippen LogP contribution in [0.5, 0.6) is 0 Å². The standard InChI is InChI=1S/C17H15FN4O/c18-13-2-3-14(16-4-1-11(5-6-19)8-20-16)15(7-13)17(23)12-9-21-22-10-12/h1-4,7-10H,5-6,19H2,(H,21,22). The first-order valence-corrected chi connectivity index (χ1v) is 7.17. The van der Waals surface area contributed by atoms with Crippen molar-refractivity contribution in [3.63, 3.8) is 0 Å². The fraction of sp³-hybridized carbons (Fsp3) is 0.118. The molecule has 0 saturated heterocycles. The number of nitrogens with two attached hydrogens (primary N) is 1. The number of H-pyrrole nitrogens is 1. The van der Waals surface area contributed by atoms with Gasteiger partial charge in [0.1, 0.15) is 5.82 Å². The first-order chi connectivity index (χ1) is 11.2. The molecule has 0 saturated carbocycles. The zero-order chi connectivity index (χ0) is 16.2. The van der Waals surface area contributed by atoms with Gasteiger partial charge in [-0.2, -0.15) is 5.10 Å². The fourth-order valence-corrected chi connectivity index (χ4v) is 2.36. The van der Waals surface area contributed by atoms with Crippen molar-refractivity contribution in [2.24, 2.45) is 5.73 Å². The summed E-state index contributed by atoms with van der Waals surface area (Å²) in [6.45, 7) is 0.543. The van der Waals surface area contributed by atoms with Gasteiger partial charge in [0.05, 0.1) is 17.5 Å². The summed E-state index contributed by atoms with van der Waals surface area (Å²) in [6, 6.07) is 7.82. The second-order valence-corrected chi connectivity index (χ2v) is 5.10. The molecular weight excluding hydrogens is 295 g/mol. The van der Waals surface area contributed by atoms with Gasteiger partial charge in [-0.05, 0) is 42.8 Å². The van der Waals surface area contributed by atoms with Gasteiger partial charge in [-0.3, -0.25) is 14.9 Å². The summed E-state index contributed by atoms with van der Waals surface area (Å²) in [7, 11) is 0. The average Bonchev–Trinajstić information content (AvgIpc) is 3.10. The van der Waals surface area contributed by atoms with E-state index in [2.05, 4.69) is 15.2 Å². The molecule has 3 N–H and O–H groups in total. The molecule has 2 heterocycles. The Kier molecular flexibility index (Phi) is 4.25. The van der Waals surface area contributed by atoms with Gasteiger partial charge >= 0.3 is 0 Å². The highest BCUT2D eigenvalue weighted by molar-refractivity contribution is 6.12. The second kappa shape index (κ2) is 6.50. The number of hydrogen-bond donors (Lipinski definition) is 2. The number of nitrogens with zero attached hydrogens (tertiary/aromatic N) is 2. The number of ketones is 1. The smallest absolute Gasteiger partial charge is 0.196 e. The van der Waals surface area contributed by atoms with E-state index in [0.29, 0.717) is 23.4 Å². The number of aromatic nitrogens is 3. The molecule has 2 aromatic heterocycles. The summed E-state index contributed by atoms with van der Waals surface area (Å²) in [4.78, 5) is 16.9. The molecule has 0 aliphatic rings. The molecule has 0 spiro atoms. The number of halogens is 1. The van der Waals surface area contributed by atoms with Crippen LogP contribution in [0.2, 0.25) is 0 Å². The molecule has 23 heavy (non-hydrogen) atoms. The van der Waals surface area contributed by atoms with Crippen LogP contribution >= 0.6 is 0 Å². The monoisotopic (exact) mass is 310 g/mol. The molecule has 0 unspecified atom stereocenters. The van der Waals surface area contributed by atoms with Crippen molar-refractivity contribution in [2.75, 3.05) is 6.54 Å². The minimum atomic E-state index is -0.472. The van der Waals surface area contributed by atoms with Crippen LogP contribution in [0.25, 0.3) is 11.3 Å². The van der Waals surface area contributed by atoms with Crippen molar-refractivity contribution in [3.8, 4) is 11.3 Å². The molecule has 0 radical (unpaired) electrons. The highest BCUT2D eigenvalue weighted by Crippen LogP contribution is 2.25. The third-order valence-corrected chi connectivity index (χ3v) is 3.52. The van der Waals surface area contributed by atoms with Gasteiger partial charge in [0.25, 0.3) is 0 Å². The van der Waals surface area contributed by atoms with Crippen LogP contribution in [0.3, 0.4) is 0 Å². The second-order valence-electron chi connectivity index (χ2n) is 5.10. The Bertz CT molecular complexity index is 813. The Morgan fingerprint density at radius 2 is 2.09 bits per heavy atom. The number of carbonyl (C=O) groups excluding carboxylic acids is 1. The van der Waals surface area contributed by atoms with Gasteiger partial charge in [-0.15, -0.1) is 0 Å². The Hall–Kier alpha value is -2.86. The third kappa shape index (κ3) is 3.17. The minimum Gasteiger partial charge on any atom is -0.330 e. The van der Waals surface area contributed by atoms with E-state index in [1.165, 1.54) is 24.5 Å². The zero-order valence-electron chi connectivity index (χ0n) is 12.3. The number of rotatable bonds is 5. The largest absolute Gasteiger partial charge is 0.330 e. The van der Waals surface area contributed by atoms with Crippen LogP contribution in [-0.2, 0) is 6.42 Å². The van der Waals surface area contributed by atoms with Crippen LogP contribution in [0.4, 0.5) is 4.39 Å². The maximum absolute atomic E-state index is 13.6. The van der Waals surface area contributed by atoms with Crippen LogP contribution in [-0.4, -0.2) is 27.5 Å². The van der Waals surface area contributed by atoms with Gasteiger partial charge in [-0.25, -0.2) is 4.39 Å². The molecule has 3 aromatic rings. The predicted molar refractivity (Wildman–Crippen MR) is 84.4 cm³/mol. The summed E-state index contributed by atoms with van der Waals surface area (Å²) >= 11 is 0. The maximum atomic E-state index is 13.6. The van der Waals surface area contributed by atoms with Crippen LogP contribution in [0, 0.1) is 5.82 Å². The number of hydrogen-bond acceptors (Lipinski definition) is 4. The van der Waals surface area contributed by atoms with Crippen molar-refractivity contribution in [1.82, 2.24) is 15.2 Å². The lowest BCUT2D eigenvalue weighted by atomic mass is 9.97. The normalized spacial score (nSPS) is 10.7. The zero-order valence-corrected chi connectivity index (χ0v) is 12.3. The Morgan fingerprint density at radius 1 is 1.22 bits per heavy atom. The molecule has 0 atom stereocenters. The number of benzene rings is 1. The molecule has 1 aromatic carbocycles. The van der Waals surface area contributed by atoms with E-state index >= 15 is 0 Å². The van der Waals surface area contributed by atoms with E-state index in [9.17, 15) is 9.18 Å². The number of carbonyl (C=O) groups is 1. The molecule has 0 aliphatic heterocycles.